The van der Waals surface area contributed by atoms with Gasteiger partial charge in [0.25, 0.3) is 0 Å². The van der Waals surface area contributed by atoms with E-state index >= 15 is 0 Å². The second kappa shape index (κ2) is 11.1. The number of aromatic hydroxyl groups is 1. The van der Waals surface area contributed by atoms with Crippen molar-refractivity contribution >= 4 is 5.96 Å². The van der Waals surface area contributed by atoms with E-state index < -0.39 is 5.82 Å². The first kappa shape index (κ1) is 21.5. The molecular formula is C21H28FN3O3. The normalized spacial score (nSPS) is 11.4. The van der Waals surface area contributed by atoms with Crippen molar-refractivity contribution in [1.82, 2.24) is 10.6 Å². The lowest BCUT2D eigenvalue weighted by Gasteiger charge is -2.15. The van der Waals surface area contributed by atoms with Crippen LogP contribution in [0.4, 0.5) is 4.39 Å². The number of benzene rings is 2. The van der Waals surface area contributed by atoms with Gasteiger partial charge in [0.2, 0.25) is 0 Å². The smallest absolute Gasteiger partial charge is 0.191 e. The summed E-state index contributed by atoms with van der Waals surface area (Å²) in [5.41, 5.74) is 2.85. The Hall–Kier alpha value is -2.80. The maximum absolute atomic E-state index is 13.4. The maximum Gasteiger partial charge on any atom is 0.191 e. The number of nitrogens with one attached hydrogen (secondary N) is 2. The van der Waals surface area contributed by atoms with Gasteiger partial charge >= 0.3 is 0 Å². The predicted octanol–water partition coefficient (Wildman–Crippen LogP) is 3.12. The monoisotopic (exact) mass is 389 g/mol. The van der Waals surface area contributed by atoms with Gasteiger partial charge in [0.05, 0.1) is 6.61 Å². The lowest BCUT2D eigenvalue weighted by Crippen LogP contribution is -2.36. The van der Waals surface area contributed by atoms with Crippen LogP contribution >= 0.6 is 0 Å². The fourth-order valence-electron chi connectivity index (χ4n) is 2.57. The van der Waals surface area contributed by atoms with Crippen LogP contribution in [-0.4, -0.2) is 38.4 Å². The molecule has 2 rings (SSSR count). The average molecular weight is 389 g/mol. The van der Waals surface area contributed by atoms with E-state index in [1.165, 1.54) is 12.1 Å². The Morgan fingerprint density at radius 2 is 1.89 bits per heavy atom. The van der Waals surface area contributed by atoms with Crippen LogP contribution in [-0.2, 0) is 17.8 Å². The summed E-state index contributed by atoms with van der Waals surface area (Å²) in [6.45, 7) is 4.18. The van der Waals surface area contributed by atoms with Gasteiger partial charge in [-0.25, -0.2) is 4.39 Å². The highest BCUT2D eigenvalue weighted by Crippen LogP contribution is 2.20. The lowest BCUT2D eigenvalue weighted by atomic mass is 10.1. The number of hydrogen-bond acceptors (Lipinski definition) is 4. The molecule has 152 valence electrons. The molecule has 0 fully saturated rings. The zero-order chi connectivity index (χ0) is 20.4. The molecule has 0 spiro atoms. The number of phenolic OH excluding ortho intramolecular Hbond substituents is 1. The summed E-state index contributed by atoms with van der Waals surface area (Å²) < 4.78 is 24.4. The van der Waals surface area contributed by atoms with Crippen LogP contribution in [0.5, 0.6) is 11.5 Å². The molecule has 0 radical (unpaired) electrons. The Bertz CT molecular complexity index is 796. The van der Waals surface area contributed by atoms with Crippen molar-refractivity contribution in [2.75, 3.05) is 27.4 Å². The Labute approximate surface area is 165 Å². The Morgan fingerprint density at radius 3 is 2.61 bits per heavy atom. The van der Waals surface area contributed by atoms with E-state index in [9.17, 15) is 9.50 Å². The summed E-state index contributed by atoms with van der Waals surface area (Å²) in [4.78, 5) is 4.19. The molecule has 28 heavy (non-hydrogen) atoms. The Kier molecular flexibility index (Phi) is 8.55. The van der Waals surface area contributed by atoms with Crippen molar-refractivity contribution < 1.29 is 19.0 Å². The lowest BCUT2D eigenvalue weighted by molar-refractivity contribution is 0.171. The summed E-state index contributed by atoms with van der Waals surface area (Å²) in [6.07, 6.45) is 0.823. The summed E-state index contributed by atoms with van der Waals surface area (Å²) >= 11 is 0. The van der Waals surface area contributed by atoms with Gasteiger partial charge in [-0.05, 0) is 36.2 Å². The summed E-state index contributed by atoms with van der Waals surface area (Å²) in [6, 6.07) is 10.4. The van der Waals surface area contributed by atoms with Gasteiger partial charge in [-0.3, -0.25) is 4.99 Å². The molecule has 0 amide bonds. The minimum Gasteiger partial charge on any atom is -0.505 e. The summed E-state index contributed by atoms with van der Waals surface area (Å²) in [7, 11) is 3.34. The second-order valence-electron chi connectivity index (χ2n) is 6.37. The van der Waals surface area contributed by atoms with Crippen LogP contribution in [0, 0.1) is 12.7 Å². The summed E-state index contributed by atoms with van der Waals surface area (Å²) in [5.74, 6) is 0.417. The number of aliphatic imine (C=N–C) groups is 1. The number of methoxy groups -OCH3 is 1. The molecule has 0 bridgehead atoms. The van der Waals surface area contributed by atoms with Gasteiger partial charge in [-0.2, -0.15) is 0 Å². The van der Waals surface area contributed by atoms with Crippen molar-refractivity contribution in [3.05, 3.63) is 58.9 Å². The molecule has 6 nitrogen and oxygen atoms in total. The first-order chi connectivity index (χ1) is 13.5. The van der Waals surface area contributed by atoms with E-state index in [4.69, 9.17) is 9.47 Å². The molecule has 0 aliphatic heterocycles. The number of guanidine groups is 1. The number of nitrogens with zero attached hydrogens (tertiary/aromatic N) is 1. The average Bonchev–Trinajstić information content (AvgIpc) is 2.69. The Morgan fingerprint density at radius 1 is 1.11 bits per heavy atom. The third-order valence-corrected chi connectivity index (χ3v) is 4.11. The third kappa shape index (κ3) is 6.74. The fraction of sp³-hybridized carbons (Fsp3) is 0.381. The molecule has 0 heterocycles. The number of halogens is 1. The highest BCUT2D eigenvalue weighted by Gasteiger charge is 2.07. The molecule has 0 aromatic heterocycles. The highest BCUT2D eigenvalue weighted by molar-refractivity contribution is 5.79. The van der Waals surface area contributed by atoms with E-state index in [-0.39, 0.29) is 5.75 Å². The first-order valence-electron chi connectivity index (χ1n) is 9.16. The molecule has 3 N–H and O–H groups in total. The number of phenols is 1. The van der Waals surface area contributed by atoms with Gasteiger partial charge in [0, 0.05) is 45.8 Å². The molecule has 2 aromatic rings. The van der Waals surface area contributed by atoms with Gasteiger partial charge in [-0.1, -0.05) is 18.2 Å². The number of hydrogen-bond donors (Lipinski definition) is 3. The summed E-state index contributed by atoms with van der Waals surface area (Å²) in [5, 5.41) is 15.6. The van der Waals surface area contributed by atoms with Crippen molar-refractivity contribution in [2.45, 2.75) is 26.4 Å². The maximum atomic E-state index is 13.4. The quantitative estimate of drug-likeness (QED) is 0.349. The van der Waals surface area contributed by atoms with Gasteiger partial charge in [0.1, 0.15) is 5.75 Å². The largest absolute Gasteiger partial charge is 0.505 e. The third-order valence-electron chi connectivity index (χ3n) is 4.11. The number of rotatable bonds is 9. The minimum atomic E-state index is -0.642. The first-order valence-corrected chi connectivity index (χ1v) is 9.16. The molecule has 0 aliphatic rings. The van der Waals surface area contributed by atoms with E-state index in [0.717, 1.165) is 23.3 Å². The van der Waals surface area contributed by atoms with Crippen molar-refractivity contribution in [3.63, 3.8) is 0 Å². The van der Waals surface area contributed by atoms with Crippen LogP contribution in [0.25, 0.3) is 0 Å². The van der Waals surface area contributed by atoms with Gasteiger partial charge < -0.3 is 25.2 Å². The van der Waals surface area contributed by atoms with Crippen LogP contribution < -0.4 is 15.4 Å². The van der Waals surface area contributed by atoms with Crippen molar-refractivity contribution in [1.29, 1.82) is 0 Å². The van der Waals surface area contributed by atoms with Gasteiger partial charge in [-0.15, -0.1) is 0 Å². The van der Waals surface area contributed by atoms with Crippen LogP contribution in [0.1, 0.15) is 23.1 Å². The van der Waals surface area contributed by atoms with Gasteiger partial charge in [0.15, 0.2) is 17.5 Å². The van der Waals surface area contributed by atoms with E-state index in [2.05, 4.69) is 15.6 Å². The van der Waals surface area contributed by atoms with E-state index in [0.29, 0.717) is 37.8 Å². The zero-order valence-electron chi connectivity index (χ0n) is 16.6. The molecule has 0 saturated carbocycles. The fourth-order valence-corrected chi connectivity index (χ4v) is 2.57. The predicted molar refractivity (Wildman–Crippen MR) is 108 cm³/mol. The number of ether oxygens (including phenoxy) is 2. The molecule has 7 heteroatoms. The SMILES string of the molecule is CN=C(NCc1ccc(O)c(F)c1)NCc1ccc(C)cc1OCCCOC. The number of aryl methyl sites for hydroxylation is 1. The van der Waals surface area contributed by atoms with Crippen molar-refractivity contribution in [2.24, 2.45) is 4.99 Å². The molecule has 0 aliphatic carbocycles. The highest BCUT2D eigenvalue weighted by atomic mass is 19.1. The molecule has 0 saturated heterocycles. The topological polar surface area (TPSA) is 75.1 Å². The van der Waals surface area contributed by atoms with E-state index in [1.807, 2.05) is 25.1 Å². The van der Waals surface area contributed by atoms with E-state index in [1.54, 1.807) is 20.2 Å². The Balaban J connectivity index is 1.92. The molecule has 2 aromatic carbocycles. The minimum absolute atomic E-state index is 0.358. The standard InChI is InChI=1S/C21H28FN3O3/c1-15-5-7-17(20(11-15)28-10-4-9-27-3)14-25-21(23-2)24-13-16-6-8-19(26)18(22)12-16/h5-8,11-12,26H,4,9-10,13-14H2,1-3H3,(H2,23,24,25). The molecular weight excluding hydrogens is 361 g/mol. The van der Waals surface area contributed by atoms with Crippen LogP contribution in [0.15, 0.2) is 41.4 Å². The zero-order valence-corrected chi connectivity index (χ0v) is 16.6. The van der Waals surface area contributed by atoms with Crippen LogP contribution in [0.3, 0.4) is 0 Å². The van der Waals surface area contributed by atoms with Crippen LogP contribution in [0.2, 0.25) is 0 Å². The van der Waals surface area contributed by atoms with Crippen molar-refractivity contribution in [3.8, 4) is 11.5 Å². The second-order valence-corrected chi connectivity index (χ2v) is 6.37. The molecule has 0 atom stereocenters. The molecule has 0 unspecified atom stereocenters.